The number of hydrogen-bond acceptors (Lipinski definition) is 7. The number of sulfonamides is 1. The van der Waals surface area contributed by atoms with Gasteiger partial charge < -0.3 is 25.0 Å². The number of hydrogen-bond donors (Lipinski definition) is 2. The van der Waals surface area contributed by atoms with Gasteiger partial charge in [-0.25, -0.2) is 8.42 Å². The summed E-state index contributed by atoms with van der Waals surface area (Å²) in [6.45, 7) is 5.75. The van der Waals surface area contributed by atoms with Crippen LogP contribution < -0.4 is 20.3 Å². The zero-order valence-electron chi connectivity index (χ0n) is 19.5. The van der Waals surface area contributed by atoms with E-state index in [0.717, 1.165) is 18.8 Å². The average Bonchev–Trinajstić information content (AvgIpc) is 3.39. The molecule has 0 spiro atoms. The van der Waals surface area contributed by atoms with Crippen LogP contribution in [0.4, 0.5) is 17.1 Å². The van der Waals surface area contributed by atoms with Crippen molar-refractivity contribution in [2.45, 2.75) is 24.7 Å². The molecule has 2 aliphatic heterocycles. The van der Waals surface area contributed by atoms with Crippen LogP contribution >= 0.6 is 0 Å². The monoisotopic (exact) mass is 488 g/mol. The predicted molar refractivity (Wildman–Crippen MR) is 132 cm³/mol. The molecule has 4 rings (SSSR count). The van der Waals surface area contributed by atoms with Crippen LogP contribution in [0.25, 0.3) is 0 Å². The number of carbonyl (C=O) groups excluding carboxylic acids is 1. The number of ether oxygens (including phenoxy) is 2. The van der Waals surface area contributed by atoms with E-state index in [1.165, 1.54) is 29.3 Å². The first-order chi connectivity index (χ1) is 16.5. The van der Waals surface area contributed by atoms with Gasteiger partial charge in [0.05, 0.1) is 36.9 Å². The highest BCUT2D eigenvalue weighted by Gasteiger charge is 2.27. The molecule has 0 atom stereocenters. The van der Waals surface area contributed by atoms with E-state index in [-0.39, 0.29) is 17.3 Å². The number of carbonyl (C=O) groups is 1. The third kappa shape index (κ3) is 5.81. The average molecular weight is 489 g/mol. The van der Waals surface area contributed by atoms with Crippen LogP contribution in [0, 0.1) is 0 Å². The maximum absolute atomic E-state index is 13.0. The van der Waals surface area contributed by atoms with Crippen LogP contribution in [-0.2, 0) is 19.6 Å². The quantitative estimate of drug-likeness (QED) is 0.560. The second-order valence-electron chi connectivity index (χ2n) is 8.25. The topological polar surface area (TPSA) is 100 Å². The van der Waals surface area contributed by atoms with Crippen LogP contribution in [0.2, 0.25) is 0 Å². The molecule has 0 aromatic heterocycles. The molecule has 2 aromatic rings. The summed E-state index contributed by atoms with van der Waals surface area (Å²) in [7, 11) is -3.66. The highest BCUT2D eigenvalue weighted by molar-refractivity contribution is 7.89. The summed E-state index contributed by atoms with van der Waals surface area (Å²) in [4.78, 5) is 15.0. The van der Waals surface area contributed by atoms with Gasteiger partial charge in [-0.1, -0.05) is 0 Å². The van der Waals surface area contributed by atoms with E-state index in [1.807, 2.05) is 31.2 Å². The largest absolute Gasteiger partial charge is 0.492 e. The minimum absolute atomic E-state index is 0.0327. The first-order valence-electron chi connectivity index (χ1n) is 11.7. The van der Waals surface area contributed by atoms with Crippen LogP contribution in [0.3, 0.4) is 0 Å². The van der Waals surface area contributed by atoms with Crippen molar-refractivity contribution in [1.29, 1.82) is 0 Å². The standard InChI is InChI=1S/C24H32N4O5S/c1-2-33-23-10-9-21(34(30,31)28-13-15-32-16-14-28)17-22(23)25-18-24(29)26-19-5-7-20(8-6-19)27-11-3-4-12-27/h5-10,17,25H,2-4,11-16,18H2,1H3,(H,26,29). The number of rotatable bonds is 9. The lowest BCUT2D eigenvalue weighted by atomic mass is 10.2. The fourth-order valence-electron chi connectivity index (χ4n) is 4.14. The molecule has 0 saturated carbocycles. The minimum Gasteiger partial charge on any atom is -0.492 e. The van der Waals surface area contributed by atoms with Gasteiger partial charge in [0.2, 0.25) is 15.9 Å². The molecule has 2 saturated heterocycles. The molecule has 2 aliphatic rings. The Kier molecular flexibility index (Phi) is 7.91. The maximum Gasteiger partial charge on any atom is 0.243 e. The smallest absolute Gasteiger partial charge is 0.243 e. The van der Waals surface area contributed by atoms with Crippen molar-refractivity contribution < 1.29 is 22.7 Å². The van der Waals surface area contributed by atoms with E-state index in [1.54, 1.807) is 6.07 Å². The number of anilines is 3. The van der Waals surface area contributed by atoms with Crippen LogP contribution in [-0.4, -0.2) is 71.2 Å². The summed E-state index contributed by atoms with van der Waals surface area (Å²) in [6.07, 6.45) is 2.42. The molecule has 0 aliphatic carbocycles. The van der Waals surface area contributed by atoms with Gasteiger partial charge in [-0.2, -0.15) is 4.31 Å². The highest BCUT2D eigenvalue weighted by atomic mass is 32.2. The number of nitrogens with one attached hydrogen (secondary N) is 2. The highest BCUT2D eigenvalue weighted by Crippen LogP contribution is 2.29. The lowest BCUT2D eigenvalue weighted by Gasteiger charge is -2.26. The molecule has 2 aromatic carbocycles. The lowest BCUT2D eigenvalue weighted by molar-refractivity contribution is -0.114. The van der Waals surface area contributed by atoms with Crippen molar-refractivity contribution in [1.82, 2.24) is 4.31 Å². The molecule has 0 unspecified atom stereocenters. The van der Waals surface area contributed by atoms with Crippen LogP contribution in [0.1, 0.15) is 19.8 Å². The van der Waals surface area contributed by atoms with Gasteiger partial charge in [0.1, 0.15) is 5.75 Å². The molecular formula is C24H32N4O5S. The SMILES string of the molecule is CCOc1ccc(S(=O)(=O)N2CCOCC2)cc1NCC(=O)Nc1ccc(N2CCCC2)cc1. The molecule has 2 N–H and O–H groups in total. The van der Waals surface area contributed by atoms with Crippen molar-refractivity contribution in [3.8, 4) is 5.75 Å². The summed E-state index contributed by atoms with van der Waals surface area (Å²) in [5, 5.41) is 5.91. The number of benzene rings is 2. The second kappa shape index (κ2) is 11.1. The van der Waals surface area contributed by atoms with Crippen molar-refractivity contribution >= 4 is 33.0 Å². The summed E-state index contributed by atoms with van der Waals surface area (Å²) < 4.78 is 38.4. The Hall–Kier alpha value is -2.82. The lowest BCUT2D eigenvalue weighted by Crippen LogP contribution is -2.40. The van der Waals surface area contributed by atoms with Crippen molar-refractivity contribution in [3.63, 3.8) is 0 Å². The van der Waals surface area contributed by atoms with Gasteiger partial charge in [0.25, 0.3) is 0 Å². The fourth-order valence-corrected chi connectivity index (χ4v) is 5.57. The first kappa shape index (κ1) is 24.3. The van der Waals surface area contributed by atoms with E-state index in [4.69, 9.17) is 9.47 Å². The predicted octanol–water partition coefficient (Wildman–Crippen LogP) is 2.76. The second-order valence-corrected chi connectivity index (χ2v) is 10.2. The van der Waals surface area contributed by atoms with E-state index >= 15 is 0 Å². The van der Waals surface area contributed by atoms with Crippen molar-refractivity contribution in [2.24, 2.45) is 0 Å². The Labute approximate surface area is 201 Å². The maximum atomic E-state index is 13.0. The Balaban J connectivity index is 1.41. The number of nitrogens with zero attached hydrogens (tertiary/aromatic N) is 2. The molecular weight excluding hydrogens is 456 g/mol. The number of amides is 1. The Bertz CT molecular complexity index is 1080. The summed E-state index contributed by atoms with van der Waals surface area (Å²) in [6, 6.07) is 12.5. The zero-order chi connectivity index (χ0) is 24.0. The summed E-state index contributed by atoms with van der Waals surface area (Å²) >= 11 is 0. The minimum atomic E-state index is -3.66. The van der Waals surface area contributed by atoms with E-state index < -0.39 is 10.0 Å². The van der Waals surface area contributed by atoms with Crippen LogP contribution in [0.15, 0.2) is 47.4 Å². The Morgan fingerprint density at radius 2 is 1.74 bits per heavy atom. The van der Waals surface area contributed by atoms with Gasteiger partial charge in [-0.05, 0) is 62.2 Å². The Morgan fingerprint density at radius 3 is 2.41 bits per heavy atom. The van der Waals surface area contributed by atoms with Crippen LogP contribution in [0.5, 0.6) is 5.75 Å². The molecule has 0 bridgehead atoms. The van der Waals surface area contributed by atoms with Gasteiger partial charge >= 0.3 is 0 Å². The van der Waals surface area contributed by atoms with E-state index in [0.29, 0.717) is 50.0 Å². The Morgan fingerprint density at radius 1 is 1.03 bits per heavy atom. The van der Waals surface area contributed by atoms with Gasteiger partial charge in [0.15, 0.2) is 0 Å². The molecule has 9 nitrogen and oxygen atoms in total. The van der Waals surface area contributed by atoms with E-state index in [2.05, 4.69) is 15.5 Å². The molecule has 10 heteroatoms. The van der Waals surface area contributed by atoms with Crippen molar-refractivity contribution in [2.75, 3.05) is 68.1 Å². The zero-order valence-corrected chi connectivity index (χ0v) is 20.3. The normalized spacial score (nSPS) is 16.9. The molecule has 0 radical (unpaired) electrons. The first-order valence-corrected chi connectivity index (χ1v) is 13.1. The fraction of sp³-hybridized carbons (Fsp3) is 0.458. The molecule has 34 heavy (non-hydrogen) atoms. The summed E-state index contributed by atoms with van der Waals surface area (Å²) in [5.41, 5.74) is 2.33. The van der Waals surface area contributed by atoms with Gasteiger partial charge in [-0.3, -0.25) is 4.79 Å². The molecule has 184 valence electrons. The third-order valence-electron chi connectivity index (χ3n) is 5.92. The molecule has 2 heterocycles. The third-order valence-corrected chi connectivity index (χ3v) is 7.82. The summed E-state index contributed by atoms with van der Waals surface area (Å²) in [5.74, 6) is 0.254. The number of morpholine rings is 1. The van der Waals surface area contributed by atoms with Gasteiger partial charge in [-0.15, -0.1) is 0 Å². The molecule has 2 fully saturated rings. The van der Waals surface area contributed by atoms with Crippen molar-refractivity contribution in [3.05, 3.63) is 42.5 Å². The molecule has 1 amide bonds. The van der Waals surface area contributed by atoms with Gasteiger partial charge in [0, 0.05) is 37.6 Å². The van der Waals surface area contributed by atoms with E-state index in [9.17, 15) is 13.2 Å².